The van der Waals surface area contributed by atoms with Crippen LogP contribution in [0.3, 0.4) is 0 Å². The molecule has 0 aromatic heterocycles. The zero-order valence-electron chi connectivity index (χ0n) is 11.5. The first-order valence-electron chi connectivity index (χ1n) is 6.05. The molecule has 1 unspecified atom stereocenters. The van der Waals surface area contributed by atoms with Crippen LogP contribution in [0, 0.1) is 11.8 Å². The third kappa shape index (κ3) is 3.68. The zero-order chi connectivity index (χ0) is 13.4. The lowest BCUT2D eigenvalue weighted by molar-refractivity contribution is 0.384. The van der Waals surface area contributed by atoms with Crippen molar-refractivity contribution in [1.29, 1.82) is 0 Å². The molecule has 98 valence electrons. The van der Waals surface area contributed by atoms with Gasteiger partial charge >= 0.3 is 0 Å². The minimum atomic E-state index is 0.242. The second-order valence-electron chi connectivity index (χ2n) is 3.91. The quantitative estimate of drug-likeness (QED) is 0.784. The number of hydrogen-bond donors (Lipinski definition) is 1. The molecule has 3 nitrogen and oxygen atoms in total. The normalized spacial score (nSPS) is 11.3. The van der Waals surface area contributed by atoms with Gasteiger partial charge in [-0.15, -0.1) is 11.8 Å². The molecule has 0 fully saturated rings. The van der Waals surface area contributed by atoms with Crippen LogP contribution in [0.25, 0.3) is 0 Å². The molecule has 0 aliphatic carbocycles. The molecule has 3 heteroatoms. The van der Waals surface area contributed by atoms with Gasteiger partial charge in [-0.1, -0.05) is 6.07 Å². The third-order valence-electron chi connectivity index (χ3n) is 2.90. The summed E-state index contributed by atoms with van der Waals surface area (Å²) in [6, 6.07) is 6.14. The van der Waals surface area contributed by atoms with Crippen molar-refractivity contribution in [3.8, 4) is 23.3 Å². The number of ether oxygens (including phenoxy) is 2. The van der Waals surface area contributed by atoms with Crippen LogP contribution in [0.1, 0.15) is 31.4 Å². The van der Waals surface area contributed by atoms with E-state index in [1.807, 2.05) is 32.2 Å². The Morgan fingerprint density at radius 2 is 2.06 bits per heavy atom. The van der Waals surface area contributed by atoms with Crippen LogP contribution in [0.4, 0.5) is 0 Å². The Morgan fingerprint density at radius 3 is 2.61 bits per heavy atom. The molecular formula is C15H21NO2. The van der Waals surface area contributed by atoms with E-state index in [9.17, 15) is 0 Å². The van der Waals surface area contributed by atoms with E-state index in [1.165, 1.54) is 0 Å². The maximum Gasteiger partial charge on any atom is 0.127 e. The lowest BCUT2D eigenvalue weighted by Crippen LogP contribution is -2.17. The van der Waals surface area contributed by atoms with Gasteiger partial charge in [0.05, 0.1) is 14.2 Å². The second-order valence-corrected chi connectivity index (χ2v) is 3.91. The number of methoxy groups -OCH3 is 2. The summed E-state index contributed by atoms with van der Waals surface area (Å²) in [5.74, 6) is 7.65. The van der Waals surface area contributed by atoms with Crippen molar-refractivity contribution in [2.75, 3.05) is 21.3 Å². The summed E-state index contributed by atoms with van der Waals surface area (Å²) in [5, 5.41) is 3.30. The van der Waals surface area contributed by atoms with Crippen molar-refractivity contribution in [1.82, 2.24) is 5.32 Å². The molecule has 0 amide bonds. The van der Waals surface area contributed by atoms with Gasteiger partial charge in [-0.25, -0.2) is 0 Å². The fourth-order valence-electron chi connectivity index (χ4n) is 1.90. The fraction of sp³-hybridized carbons (Fsp3) is 0.467. The molecule has 0 heterocycles. The largest absolute Gasteiger partial charge is 0.497 e. The summed E-state index contributed by atoms with van der Waals surface area (Å²) < 4.78 is 10.6. The van der Waals surface area contributed by atoms with Crippen molar-refractivity contribution in [2.24, 2.45) is 0 Å². The van der Waals surface area contributed by atoms with Crippen molar-refractivity contribution >= 4 is 0 Å². The average Bonchev–Trinajstić information content (AvgIpc) is 2.43. The Kier molecular flexibility index (Phi) is 6.10. The third-order valence-corrected chi connectivity index (χ3v) is 2.90. The first kappa shape index (κ1) is 14.4. The highest BCUT2D eigenvalue weighted by molar-refractivity contribution is 5.42. The average molecular weight is 247 g/mol. The van der Waals surface area contributed by atoms with E-state index in [2.05, 4.69) is 17.2 Å². The standard InChI is InChI=1S/C15H21NO2/c1-5-6-7-8-14(16-2)13-10-9-12(17-3)11-15(13)18-4/h9-11,14,16H,7-8H2,1-4H3. The van der Waals surface area contributed by atoms with Crippen molar-refractivity contribution in [2.45, 2.75) is 25.8 Å². The van der Waals surface area contributed by atoms with E-state index in [0.29, 0.717) is 0 Å². The van der Waals surface area contributed by atoms with E-state index in [4.69, 9.17) is 9.47 Å². The Hall–Kier alpha value is -1.66. The minimum Gasteiger partial charge on any atom is -0.497 e. The number of nitrogens with one attached hydrogen (secondary N) is 1. The molecule has 0 saturated heterocycles. The molecule has 0 aliphatic heterocycles. The molecule has 1 aromatic rings. The Morgan fingerprint density at radius 1 is 1.28 bits per heavy atom. The summed E-state index contributed by atoms with van der Waals surface area (Å²) in [4.78, 5) is 0. The van der Waals surface area contributed by atoms with Gasteiger partial charge in [0.15, 0.2) is 0 Å². The van der Waals surface area contributed by atoms with Gasteiger partial charge in [0.1, 0.15) is 11.5 Å². The zero-order valence-corrected chi connectivity index (χ0v) is 11.5. The number of benzene rings is 1. The molecular weight excluding hydrogens is 226 g/mol. The SMILES string of the molecule is CC#CCCC(NC)c1ccc(OC)cc1OC. The second kappa shape index (κ2) is 7.62. The van der Waals surface area contributed by atoms with Crippen LogP contribution in [-0.4, -0.2) is 21.3 Å². The van der Waals surface area contributed by atoms with E-state index in [-0.39, 0.29) is 6.04 Å². The van der Waals surface area contributed by atoms with Gasteiger partial charge in [-0.2, -0.15) is 0 Å². The summed E-state index contributed by atoms with van der Waals surface area (Å²) in [6.45, 7) is 1.86. The maximum atomic E-state index is 5.42. The summed E-state index contributed by atoms with van der Waals surface area (Å²) >= 11 is 0. The van der Waals surface area contributed by atoms with Gasteiger partial charge < -0.3 is 14.8 Å². The van der Waals surface area contributed by atoms with Crippen LogP contribution >= 0.6 is 0 Å². The highest BCUT2D eigenvalue weighted by Gasteiger charge is 2.14. The first-order valence-corrected chi connectivity index (χ1v) is 6.05. The summed E-state index contributed by atoms with van der Waals surface area (Å²) in [7, 11) is 5.28. The molecule has 0 radical (unpaired) electrons. The van der Waals surface area contributed by atoms with Gasteiger partial charge in [0.25, 0.3) is 0 Å². The Labute approximate surface area is 109 Å². The van der Waals surface area contributed by atoms with Crippen LogP contribution in [0.15, 0.2) is 18.2 Å². The maximum absolute atomic E-state index is 5.42. The lowest BCUT2D eigenvalue weighted by atomic mass is 10.0. The predicted octanol–water partition coefficient (Wildman–Crippen LogP) is 2.77. The van der Waals surface area contributed by atoms with Crippen molar-refractivity contribution in [3.05, 3.63) is 23.8 Å². The van der Waals surface area contributed by atoms with E-state index < -0.39 is 0 Å². The molecule has 1 N–H and O–H groups in total. The van der Waals surface area contributed by atoms with Crippen LogP contribution in [0.2, 0.25) is 0 Å². The lowest BCUT2D eigenvalue weighted by Gasteiger charge is -2.19. The fourth-order valence-corrected chi connectivity index (χ4v) is 1.90. The van der Waals surface area contributed by atoms with Gasteiger partial charge in [-0.05, 0) is 26.5 Å². The number of hydrogen-bond acceptors (Lipinski definition) is 3. The first-order chi connectivity index (χ1) is 8.76. The van der Waals surface area contributed by atoms with Crippen molar-refractivity contribution in [3.63, 3.8) is 0 Å². The van der Waals surface area contributed by atoms with Crippen LogP contribution in [-0.2, 0) is 0 Å². The van der Waals surface area contributed by atoms with Gasteiger partial charge in [-0.3, -0.25) is 0 Å². The van der Waals surface area contributed by atoms with Gasteiger partial charge in [0.2, 0.25) is 0 Å². The molecule has 0 spiro atoms. The molecule has 1 rings (SSSR count). The Balaban J connectivity index is 2.92. The smallest absolute Gasteiger partial charge is 0.127 e. The highest BCUT2D eigenvalue weighted by atomic mass is 16.5. The van der Waals surface area contributed by atoms with Crippen LogP contribution in [0.5, 0.6) is 11.5 Å². The van der Waals surface area contributed by atoms with E-state index in [0.717, 1.165) is 29.9 Å². The highest BCUT2D eigenvalue weighted by Crippen LogP contribution is 2.31. The number of rotatable bonds is 6. The molecule has 18 heavy (non-hydrogen) atoms. The van der Waals surface area contributed by atoms with E-state index in [1.54, 1.807) is 14.2 Å². The minimum absolute atomic E-state index is 0.242. The summed E-state index contributed by atoms with van der Waals surface area (Å²) in [5.41, 5.74) is 1.14. The van der Waals surface area contributed by atoms with Crippen molar-refractivity contribution < 1.29 is 9.47 Å². The molecule has 1 aromatic carbocycles. The molecule has 0 saturated carbocycles. The molecule has 0 bridgehead atoms. The van der Waals surface area contributed by atoms with E-state index >= 15 is 0 Å². The molecule has 1 atom stereocenters. The van der Waals surface area contributed by atoms with Gasteiger partial charge in [0, 0.05) is 24.1 Å². The van der Waals surface area contributed by atoms with Crippen LogP contribution < -0.4 is 14.8 Å². The predicted molar refractivity (Wildman–Crippen MR) is 74.0 cm³/mol. The monoisotopic (exact) mass is 247 g/mol. The summed E-state index contributed by atoms with van der Waals surface area (Å²) in [6.07, 6.45) is 1.83. The Bertz CT molecular complexity index is 432. The molecule has 0 aliphatic rings. The topological polar surface area (TPSA) is 30.5 Å².